The van der Waals surface area contributed by atoms with Gasteiger partial charge in [-0.1, -0.05) is 20.8 Å². The van der Waals surface area contributed by atoms with E-state index in [0.29, 0.717) is 0 Å². The molecule has 0 saturated carbocycles. The zero-order valence-corrected chi connectivity index (χ0v) is 12.2. The number of hydrogen-bond donors (Lipinski definition) is 1. The summed E-state index contributed by atoms with van der Waals surface area (Å²) in [5.74, 6) is 0.953. The molecule has 0 atom stereocenters. The Kier molecular flexibility index (Phi) is 3.16. The molecule has 0 bridgehead atoms. The van der Waals surface area contributed by atoms with Crippen LogP contribution in [0, 0.1) is 0 Å². The minimum absolute atomic E-state index is 0.0400. The molecule has 1 N–H and O–H groups in total. The number of piperazine rings is 1. The molecule has 1 aromatic heterocycles. The largest absolute Gasteiger partial charge is 0.344 e. The van der Waals surface area contributed by atoms with E-state index in [1.807, 2.05) is 0 Å². The first-order valence-corrected chi connectivity index (χ1v) is 6.89. The van der Waals surface area contributed by atoms with Crippen LogP contribution in [0.4, 0.5) is 5.13 Å². The molecule has 1 aliphatic heterocycles. The molecule has 0 radical (unpaired) electrons. The third kappa shape index (κ3) is 2.96. The van der Waals surface area contributed by atoms with Crippen LogP contribution in [-0.2, 0) is 5.41 Å². The van der Waals surface area contributed by atoms with Gasteiger partial charge in [0, 0.05) is 42.1 Å². The summed E-state index contributed by atoms with van der Waals surface area (Å²) in [4.78, 5) is 7.01. The number of rotatable bonds is 1. The topological polar surface area (TPSA) is 41.1 Å². The maximum absolute atomic E-state index is 4.68. The predicted octanol–water partition coefficient (Wildman–Crippen LogP) is 2.02. The highest BCUT2D eigenvalue weighted by Crippen LogP contribution is 2.26. The molecule has 0 aliphatic carbocycles. The first kappa shape index (κ1) is 12.8. The molecule has 0 unspecified atom stereocenters. The van der Waals surface area contributed by atoms with Gasteiger partial charge in [0.1, 0.15) is 5.82 Å². The second kappa shape index (κ2) is 4.21. The highest BCUT2D eigenvalue weighted by Gasteiger charge is 2.28. The maximum Gasteiger partial charge on any atom is 0.205 e. The predicted molar refractivity (Wildman–Crippen MR) is 72.9 cm³/mol. The third-order valence-corrected chi connectivity index (χ3v) is 3.71. The van der Waals surface area contributed by atoms with Crippen LogP contribution in [0.15, 0.2) is 0 Å². The van der Waals surface area contributed by atoms with E-state index in [9.17, 15) is 0 Å². The van der Waals surface area contributed by atoms with Crippen molar-refractivity contribution in [2.45, 2.75) is 45.6 Å². The second-order valence-corrected chi connectivity index (χ2v) is 7.11. The Labute approximate surface area is 108 Å². The number of aromatic nitrogens is 2. The van der Waals surface area contributed by atoms with Gasteiger partial charge in [-0.15, -0.1) is 0 Å². The van der Waals surface area contributed by atoms with Crippen molar-refractivity contribution in [3.8, 4) is 0 Å². The summed E-state index contributed by atoms with van der Waals surface area (Å²) in [5.41, 5.74) is 0.199. The van der Waals surface area contributed by atoms with Gasteiger partial charge in [-0.3, -0.25) is 0 Å². The van der Waals surface area contributed by atoms with Crippen LogP contribution >= 0.6 is 11.5 Å². The fourth-order valence-electron chi connectivity index (χ4n) is 1.95. The molecule has 96 valence electrons. The van der Waals surface area contributed by atoms with Gasteiger partial charge in [0.05, 0.1) is 0 Å². The SMILES string of the molecule is CC1(C)CN(c2nc(C(C)(C)C)ns2)CCN1. The number of anilines is 1. The van der Waals surface area contributed by atoms with Crippen molar-refractivity contribution in [3.63, 3.8) is 0 Å². The number of nitrogens with one attached hydrogen (secondary N) is 1. The Hall–Kier alpha value is -0.680. The molecule has 1 aromatic rings. The smallest absolute Gasteiger partial charge is 0.205 e. The van der Waals surface area contributed by atoms with Gasteiger partial charge >= 0.3 is 0 Å². The first-order chi connectivity index (χ1) is 7.78. The van der Waals surface area contributed by atoms with Crippen molar-refractivity contribution in [2.75, 3.05) is 24.5 Å². The number of nitrogens with zero attached hydrogens (tertiary/aromatic N) is 3. The molecule has 2 rings (SSSR count). The molecule has 17 heavy (non-hydrogen) atoms. The van der Waals surface area contributed by atoms with Crippen LogP contribution in [0.3, 0.4) is 0 Å². The summed E-state index contributed by atoms with van der Waals surface area (Å²) in [6.07, 6.45) is 0. The van der Waals surface area contributed by atoms with Crippen molar-refractivity contribution >= 4 is 16.7 Å². The summed E-state index contributed by atoms with van der Waals surface area (Å²) < 4.78 is 4.48. The van der Waals surface area contributed by atoms with Crippen molar-refractivity contribution in [1.29, 1.82) is 0 Å². The molecule has 2 heterocycles. The van der Waals surface area contributed by atoms with Crippen LogP contribution in [0.25, 0.3) is 0 Å². The summed E-state index contributed by atoms with van der Waals surface area (Å²) in [5, 5.41) is 4.57. The van der Waals surface area contributed by atoms with Crippen molar-refractivity contribution in [1.82, 2.24) is 14.7 Å². The summed E-state index contributed by atoms with van der Waals surface area (Å²) in [6, 6.07) is 0. The highest BCUT2D eigenvalue weighted by atomic mass is 32.1. The van der Waals surface area contributed by atoms with E-state index in [1.54, 1.807) is 0 Å². The van der Waals surface area contributed by atoms with Gasteiger partial charge in [0.25, 0.3) is 0 Å². The van der Waals surface area contributed by atoms with E-state index in [0.717, 1.165) is 30.6 Å². The van der Waals surface area contributed by atoms with Crippen LogP contribution in [0.5, 0.6) is 0 Å². The lowest BCUT2D eigenvalue weighted by Gasteiger charge is -2.38. The summed E-state index contributed by atoms with van der Waals surface area (Å²) in [6.45, 7) is 13.9. The van der Waals surface area contributed by atoms with E-state index in [-0.39, 0.29) is 11.0 Å². The Balaban J connectivity index is 2.15. The molecule has 0 amide bonds. The van der Waals surface area contributed by atoms with Gasteiger partial charge < -0.3 is 10.2 Å². The normalized spacial score (nSPS) is 20.6. The van der Waals surface area contributed by atoms with E-state index >= 15 is 0 Å². The Bertz CT molecular complexity index is 391. The van der Waals surface area contributed by atoms with Crippen LogP contribution in [-0.4, -0.2) is 34.5 Å². The molecule has 5 heteroatoms. The Morgan fingerprint density at radius 1 is 1.35 bits per heavy atom. The minimum Gasteiger partial charge on any atom is -0.344 e. The Morgan fingerprint density at radius 3 is 2.59 bits per heavy atom. The van der Waals surface area contributed by atoms with Crippen molar-refractivity contribution < 1.29 is 0 Å². The van der Waals surface area contributed by atoms with Gasteiger partial charge in [-0.05, 0) is 13.8 Å². The molecule has 0 spiro atoms. The van der Waals surface area contributed by atoms with E-state index in [1.165, 1.54) is 11.5 Å². The quantitative estimate of drug-likeness (QED) is 0.832. The van der Waals surface area contributed by atoms with Crippen molar-refractivity contribution in [3.05, 3.63) is 5.82 Å². The standard InChI is InChI=1S/C12H22N4S/c1-11(2,3)9-14-10(17-15-9)16-7-6-13-12(4,5)8-16/h13H,6-8H2,1-5H3. The zero-order valence-electron chi connectivity index (χ0n) is 11.4. The molecular weight excluding hydrogens is 232 g/mol. The van der Waals surface area contributed by atoms with Gasteiger partial charge in [0.2, 0.25) is 5.13 Å². The van der Waals surface area contributed by atoms with Gasteiger partial charge in [-0.2, -0.15) is 4.37 Å². The van der Waals surface area contributed by atoms with Crippen molar-refractivity contribution in [2.24, 2.45) is 0 Å². The fourth-order valence-corrected chi connectivity index (χ4v) is 2.83. The van der Waals surface area contributed by atoms with Gasteiger partial charge in [0.15, 0.2) is 0 Å². The Morgan fingerprint density at radius 2 is 2.06 bits per heavy atom. The van der Waals surface area contributed by atoms with E-state index < -0.39 is 0 Å². The maximum atomic E-state index is 4.68. The molecule has 1 saturated heterocycles. The average molecular weight is 254 g/mol. The fraction of sp³-hybridized carbons (Fsp3) is 0.833. The minimum atomic E-state index is 0.0400. The second-order valence-electron chi connectivity index (χ2n) is 6.38. The zero-order chi connectivity index (χ0) is 12.7. The van der Waals surface area contributed by atoms with Crippen LogP contribution in [0.1, 0.15) is 40.4 Å². The monoisotopic (exact) mass is 254 g/mol. The lowest BCUT2D eigenvalue weighted by molar-refractivity contribution is 0.352. The molecule has 1 fully saturated rings. The lowest BCUT2D eigenvalue weighted by atomic mass is 9.96. The number of hydrogen-bond acceptors (Lipinski definition) is 5. The molecule has 1 aliphatic rings. The summed E-state index contributed by atoms with van der Waals surface area (Å²) in [7, 11) is 0. The third-order valence-electron chi connectivity index (χ3n) is 2.93. The van der Waals surface area contributed by atoms with E-state index in [4.69, 9.17) is 0 Å². The molecule has 0 aromatic carbocycles. The van der Waals surface area contributed by atoms with Crippen LogP contribution in [0.2, 0.25) is 0 Å². The highest BCUT2D eigenvalue weighted by molar-refractivity contribution is 7.09. The summed E-state index contributed by atoms with van der Waals surface area (Å²) >= 11 is 1.52. The molecular formula is C12H22N4S. The average Bonchev–Trinajstić information content (AvgIpc) is 2.63. The lowest BCUT2D eigenvalue weighted by Crippen LogP contribution is -2.57. The van der Waals surface area contributed by atoms with E-state index in [2.05, 4.69) is 54.2 Å². The first-order valence-electron chi connectivity index (χ1n) is 6.12. The van der Waals surface area contributed by atoms with Crippen LogP contribution < -0.4 is 10.2 Å². The van der Waals surface area contributed by atoms with Gasteiger partial charge in [-0.25, -0.2) is 4.98 Å². The molecule has 4 nitrogen and oxygen atoms in total.